The minimum absolute atomic E-state index is 1.19. The second-order valence-corrected chi connectivity index (χ2v) is 4.09. The number of carbonyl (C=O) groups excluding carboxylic acids is 1. The van der Waals surface area contributed by atoms with E-state index in [2.05, 4.69) is 25.7 Å². The van der Waals surface area contributed by atoms with Crippen LogP contribution in [0.2, 0.25) is 0 Å². The molecule has 0 amide bonds. The maximum atomic E-state index is 11.9. The Labute approximate surface area is 125 Å². The number of halogens is 10. The molecule has 0 bridgehead atoms. The lowest BCUT2D eigenvalue weighted by Gasteiger charge is -2.24. The Morgan fingerprint density at radius 1 is 0.652 bits per heavy atom. The molecule has 0 aromatic rings. The molecule has 0 aliphatic carbocycles. The van der Waals surface area contributed by atoms with Crippen molar-refractivity contribution in [2.75, 3.05) is 19.6 Å². The van der Waals surface area contributed by atoms with Crippen LogP contribution in [0.4, 0.5) is 43.9 Å². The van der Waals surface area contributed by atoms with E-state index in [-0.39, 0.29) is 0 Å². The first kappa shape index (κ1) is 24.2. The van der Waals surface area contributed by atoms with Crippen molar-refractivity contribution in [3.05, 3.63) is 0 Å². The van der Waals surface area contributed by atoms with Gasteiger partial charge in [0.25, 0.3) is 5.78 Å². The highest BCUT2D eigenvalue weighted by molar-refractivity contribution is 5.93. The van der Waals surface area contributed by atoms with E-state index in [1.54, 1.807) is 0 Å². The number of carbonyl (C=O) groups is 1. The summed E-state index contributed by atoms with van der Waals surface area (Å²) in [5.74, 6) is -18.1. The summed E-state index contributed by atoms with van der Waals surface area (Å²) < 4.78 is 116. The summed E-state index contributed by atoms with van der Waals surface area (Å²) in [4.78, 5) is 12.2. The standard InChI is InChI=1S/C6H15N.C5F10O/c1-4-7(5-2)6-3;6-2(7,4(10,11)12)1(16)3(8,9)5(13,14)15/h4-6H2,1-3H3;. The fourth-order valence-electron chi connectivity index (χ4n) is 1.13. The van der Waals surface area contributed by atoms with Gasteiger partial charge < -0.3 is 4.90 Å². The van der Waals surface area contributed by atoms with Gasteiger partial charge in [0.05, 0.1) is 0 Å². The summed E-state index contributed by atoms with van der Waals surface area (Å²) in [5.41, 5.74) is 0. The van der Waals surface area contributed by atoms with Crippen molar-refractivity contribution in [1.82, 2.24) is 4.90 Å². The fourth-order valence-corrected chi connectivity index (χ4v) is 1.13. The largest absolute Gasteiger partial charge is 0.461 e. The Morgan fingerprint density at radius 3 is 0.957 bits per heavy atom. The van der Waals surface area contributed by atoms with E-state index in [1.165, 1.54) is 19.6 Å². The third kappa shape index (κ3) is 6.15. The van der Waals surface area contributed by atoms with Crippen LogP contribution in [0.5, 0.6) is 0 Å². The van der Waals surface area contributed by atoms with E-state index in [9.17, 15) is 48.7 Å². The maximum absolute atomic E-state index is 11.9. The second-order valence-electron chi connectivity index (χ2n) is 4.09. The van der Waals surface area contributed by atoms with Gasteiger partial charge in [0.1, 0.15) is 0 Å². The van der Waals surface area contributed by atoms with Crippen LogP contribution in [-0.4, -0.2) is 54.5 Å². The highest BCUT2D eigenvalue weighted by atomic mass is 19.4. The Morgan fingerprint density at radius 2 is 0.870 bits per heavy atom. The monoisotopic (exact) mass is 367 g/mol. The van der Waals surface area contributed by atoms with Crippen LogP contribution in [-0.2, 0) is 4.79 Å². The summed E-state index contributed by atoms with van der Waals surface area (Å²) in [6, 6.07) is 0. The highest BCUT2D eigenvalue weighted by Crippen LogP contribution is 2.45. The van der Waals surface area contributed by atoms with Crippen molar-refractivity contribution in [2.24, 2.45) is 0 Å². The van der Waals surface area contributed by atoms with Crippen LogP contribution in [0.3, 0.4) is 0 Å². The Kier molecular flexibility index (Phi) is 8.57. The van der Waals surface area contributed by atoms with E-state index < -0.39 is 30.0 Å². The van der Waals surface area contributed by atoms with Gasteiger partial charge in [-0.3, -0.25) is 4.79 Å². The highest BCUT2D eigenvalue weighted by Gasteiger charge is 2.76. The molecule has 0 aliphatic heterocycles. The molecule has 0 heterocycles. The van der Waals surface area contributed by atoms with Crippen LogP contribution >= 0.6 is 0 Å². The predicted molar refractivity (Wildman–Crippen MR) is 60.5 cm³/mol. The molecule has 0 fully saturated rings. The predicted octanol–water partition coefficient (Wildman–Crippen LogP) is 4.30. The average Bonchev–Trinajstić information content (AvgIpc) is 2.37. The minimum Gasteiger partial charge on any atom is -0.304 e. The third-order valence-electron chi connectivity index (χ3n) is 2.62. The van der Waals surface area contributed by atoms with Crippen molar-refractivity contribution >= 4 is 5.78 Å². The Hall–Kier alpha value is -1.07. The summed E-state index contributed by atoms with van der Waals surface area (Å²) in [6.07, 6.45) is -13.6. The molecule has 0 aromatic carbocycles. The molecule has 2 nitrogen and oxygen atoms in total. The van der Waals surface area contributed by atoms with E-state index in [0.29, 0.717) is 0 Å². The van der Waals surface area contributed by atoms with Crippen LogP contribution in [0, 0.1) is 0 Å². The number of hydrogen-bond donors (Lipinski definition) is 0. The maximum Gasteiger partial charge on any atom is 0.461 e. The van der Waals surface area contributed by atoms with Gasteiger partial charge in [-0.1, -0.05) is 20.8 Å². The number of hydrogen-bond acceptors (Lipinski definition) is 2. The molecule has 0 atom stereocenters. The average molecular weight is 367 g/mol. The van der Waals surface area contributed by atoms with Crippen molar-refractivity contribution in [1.29, 1.82) is 0 Å². The van der Waals surface area contributed by atoms with E-state index >= 15 is 0 Å². The van der Waals surface area contributed by atoms with Gasteiger partial charge in [-0.05, 0) is 19.6 Å². The zero-order chi connectivity index (χ0) is 19.3. The second kappa shape index (κ2) is 8.15. The molecular weight excluding hydrogens is 352 g/mol. The van der Waals surface area contributed by atoms with Crippen LogP contribution in [0.1, 0.15) is 20.8 Å². The first-order valence-electron chi connectivity index (χ1n) is 6.16. The van der Waals surface area contributed by atoms with Gasteiger partial charge in [0, 0.05) is 0 Å². The normalized spacial score (nSPS) is 13.7. The molecule has 0 rings (SSSR count). The molecule has 140 valence electrons. The molecular formula is C11H15F10NO. The van der Waals surface area contributed by atoms with Gasteiger partial charge >= 0.3 is 24.2 Å². The summed E-state index contributed by atoms with van der Waals surface area (Å²) in [6.45, 7) is 10.1. The molecule has 0 saturated carbocycles. The molecule has 12 heteroatoms. The van der Waals surface area contributed by atoms with Crippen LogP contribution in [0.25, 0.3) is 0 Å². The van der Waals surface area contributed by atoms with Gasteiger partial charge in [0.2, 0.25) is 0 Å². The first-order chi connectivity index (χ1) is 10.0. The summed E-state index contributed by atoms with van der Waals surface area (Å²) in [7, 11) is 0. The molecule has 0 spiro atoms. The fraction of sp³-hybridized carbons (Fsp3) is 0.909. The van der Waals surface area contributed by atoms with E-state index in [1.807, 2.05) is 0 Å². The zero-order valence-electron chi connectivity index (χ0n) is 12.3. The molecule has 0 saturated heterocycles. The van der Waals surface area contributed by atoms with E-state index in [0.717, 1.165) is 0 Å². The topological polar surface area (TPSA) is 20.3 Å². The SMILES string of the molecule is CCN(CC)CC.O=C(C(F)(F)C(F)(F)F)C(F)(F)C(F)(F)F. The van der Waals surface area contributed by atoms with Crippen molar-refractivity contribution in [2.45, 2.75) is 45.0 Å². The molecule has 0 radical (unpaired) electrons. The number of rotatable bonds is 5. The molecule has 0 N–H and O–H groups in total. The smallest absolute Gasteiger partial charge is 0.304 e. The minimum atomic E-state index is -6.82. The molecule has 0 unspecified atom stereocenters. The van der Waals surface area contributed by atoms with Crippen LogP contribution < -0.4 is 0 Å². The summed E-state index contributed by atoms with van der Waals surface area (Å²) in [5, 5.41) is 0. The Balaban J connectivity index is 0. The number of alkyl halides is 10. The van der Waals surface area contributed by atoms with E-state index in [4.69, 9.17) is 0 Å². The van der Waals surface area contributed by atoms with Crippen molar-refractivity contribution < 1.29 is 48.7 Å². The summed E-state index contributed by atoms with van der Waals surface area (Å²) >= 11 is 0. The zero-order valence-corrected chi connectivity index (χ0v) is 12.3. The van der Waals surface area contributed by atoms with Crippen LogP contribution in [0.15, 0.2) is 0 Å². The molecule has 0 aromatic heterocycles. The number of nitrogens with zero attached hydrogens (tertiary/aromatic N) is 1. The first-order valence-corrected chi connectivity index (χ1v) is 6.16. The van der Waals surface area contributed by atoms with Gasteiger partial charge in [-0.25, -0.2) is 0 Å². The third-order valence-corrected chi connectivity index (χ3v) is 2.62. The quantitative estimate of drug-likeness (QED) is 0.676. The number of ketones is 1. The van der Waals surface area contributed by atoms with Gasteiger partial charge in [-0.15, -0.1) is 0 Å². The van der Waals surface area contributed by atoms with Crippen molar-refractivity contribution in [3.63, 3.8) is 0 Å². The Bertz CT molecular complexity index is 336. The molecule has 0 aliphatic rings. The lowest BCUT2D eigenvalue weighted by atomic mass is 10.1. The number of Topliss-reactive ketones (excluding diaryl/α,β-unsaturated/α-hetero) is 1. The van der Waals surface area contributed by atoms with Gasteiger partial charge in [0.15, 0.2) is 0 Å². The van der Waals surface area contributed by atoms with Gasteiger partial charge in [-0.2, -0.15) is 43.9 Å². The molecule has 23 heavy (non-hydrogen) atoms. The lowest BCUT2D eigenvalue weighted by Crippen LogP contribution is -2.57. The lowest BCUT2D eigenvalue weighted by molar-refractivity contribution is -0.307. The van der Waals surface area contributed by atoms with Crippen molar-refractivity contribution in [3.8, 4) is 0 Å².